The zero-order chi connectivity index (χ0) is 14.4. The molecular weight excluding hydrogens is 272 g/mol. The fourth-order valence-corrected chi connectivity index (χ4v) is 3.81. The van der Waals surface area contributed by atoms with E-state index in [0.29, 0.717) is 13.0 Å². The summed E-state index contributed by atoms with van der Waals surface area (Å²) < 4.78 is 26.7. The number of rotatable bonds is 6. The van der Waals surface area contributed by atoms with E-state index in [9.17, 15) is 8.42 Å². The molecule has 1 fully saturated rings. The van der Waals surface area contributed by atoms with Crippen molar-refractivity contribution in [2.45, 2.75) is 38.1 Å². The first-order valence-corrected chi connectivity index (χ1v) is 8.99. The SMILES string of the molecule is NC1CCCCC1CNS(=O)(=O)CCc1ccccc1. The second-order valence-corrected chi connectivity index (χ2v) is 7.54. The summed E-state index contributed by atoms with van der Waals surface area (Å²) in [7, 11) is -3.21. The summed E-state index contributed by atoms with van der Waals surface area (Å²) in [6.07, 6.45) is 4.91. The molecule has 5 heteroatoms. The fraction of sp³-hybridized carbons (Fsp3) is 0.600. The molecule has 0 heterocycles. The Morgan fingerprint density at radius 1 is 1.15 bits per heavy atom. The molecule has 0 saturated heterocycles. The number of hydrogen-bond donors (Lipinski definition) is 2. The van der Waals surface area contributed by atoms with Crippen LogP contribution in [-0.4, -0.2) is 26.8 Å². The van der Waals surface area contributed by atoms with E-state index < -0.39 is 10.0 Å². The smallest absolute Gasteiger partial charge is 0.211 e. The third-order valence-corrected chi connectivity index (χ3v) is 5.38. The van der Waals surface area contributed by atoms with Gasteiger partial charge in [0.05, 0.1) is 5.75 Å². The molecule has 20 heavy (non-hydrogen) atoms. The standard InChI is InChI=1S/C15H24N2O2S/c16-15-9-5-4-8-14(15)12-17-20(18,19)11-10-13-6-2-1-3-7-13/h1-3,6-7,14-15,17H,4-5,8-12,16H2. The van der Waals surface area contributed by atoms with E-state index in [1.165, 1.54) is 6.42 Å². The van der Waals surface area contributed by atoms with Crippen LogP contribution in [0.5, 0.6) is 0 Å². The third-order valence-electron chi connectivity index (χ3n) is 4.04. The normalized spacial score (nSPS) is 23.6. The lowest BCUT2D eigenvalue weighted by Crippen LogP contribution is -2.41. The summed E-state index contributed by atoms with van der Waals surface area (Å²) in [4.78, 5) is 0. The van der Waals surface area contributed by atoms with Crippen molar-refractivity contribution in [2.24, 2.45) is 11.7 Å². The number of hydrogen-bond acceptors (Lipinski definition) is 3. The van der Waals surface area contributed by atoms with Gasteiger partial charge in [-0.3, -0.25) is 0 Å². The van der Waals surface area contributed by atoms with Crippen molar-refractivity contribution in [3.05, 3.63) is 35.9 Å². The minimum Gasteiger partial charge on any atom is -0.327 e. The van der Waals surface area contributed by atoms with Gasteiger partial charge in [0.1, 0.15) is 0 Å². The molecule has 1 aromatic rings. The summed E-state index contributed by atoms with van der Waals surface area (Å²) in [6.45, 7) is 0.484. The van der Waals surface area contributed by atoms with Gasteiger partial charge in [0.15, 0.2) is 0 Å². The van der Waals surface area contributed by atoms with Crippen LogP contribution in [-0.2, 0) is 16.4 Å². The summed E-state index contributed by atoms with van der Waals surface area (Å²) in [6, 6.07) is 9.83. The predicted octanol–water partition coefficient (Wildman–Crippen LogP) is 1.67. The van der Waals surface area contributed by atoms with Gasteiger partial charge in [0.25, 0.3) is 0 Å². The first kappa shape index (κ1) is 15.5. The summed E-state index contributed by atoms with van der Waals surface area (Å²) in [5.41, 5.74) is 7.09. The van der Waals surface area contributed by atoms with Crippen LogP contribution in [0.2, 0.25) is 0 Å². The Morgan fingerprint density at radius 2 is 1.85 bits per heavy atom. The van der Waals surface area contributed by atoms with Crippen molar-refractivity contribution in [1.82, 2.24) is 4.72 Å². The van der Waals surface area contributed by atoms with Crippen LogP contribution in [0.15, 0.2) is 30.3 Å². The molecule has 0 bridgehead atoms. The molecule has 2 atom stereocenters. The lowest BCUT2D eigenvalue weighted by atomic mass is 9.85. The zero-order valence-electron chi connectivity index (χ0n) is 11.8. The van der Waals surface area contributed by atoms with Gasteiger partial charge in [0.2, 0.25) is 10.0 Å². The van der Waals surface area contributed by atoms with E-state index in [0.717, 1.165) is 24.8 Å². The number of benzene rings is 1. The molecule has 1 aromatic carbocycles. The van der Waals surface area contributed by atoms with E-state index in [2.05, 4.69) is 4.72 Å². The topological polar surface area (TPSA) is 72.2 Å². The van der Waals surface area contributed by atoms with Crippen LogP contribution >= 0.6 is 0 Å². The van der Waals surface area contributed by atoms with E-state index >= 15 is 0 Å². The first-order valence-electron chi connectivity index (χ1n) is 7.34. The highest BCUT2D eigenvalue weighted by Crippen LogP contribution is 2.22. The van der Waals surface area contributed by atoms with Crippen LogP contribution in [0, 0.1) is 5.92 Å². The average Bonchev–Trinajstić information content (AvgIpc) is 2.46. The van der Waals surface area contributed by atoms with Crippen LogP contribution in [0.1, 0.15) is 31.2 Å². The maximum atomic E-state index is 12.0. The number of aryl methyl sites for hydroxylation is 1. The van der Waals surface area contributed by atoms with Crippen molar-refractivity contribution in [2.75, 3.05) is 12.3 Å². The maximum absolute atomic E-state index is 12.0. The van der Waals surface area contributed by atoms with E-state index in [-0.39, 0.29) is 17.7 Å². The average molecular weight is 296 g/mol. The number of nitrogens with two attached hydrogens (primary N) is 1. The molecule has 0 spiro atoms. The van der Waals surface area contributed by atoms with Gasteiger partial charge >= 0.3 is 0 Å². The molecule has 2 rings (SSSR count). The minimum absolute atomic E-state index is 0.138. The molecule has 0 amide bonds. The molecule has 4 nitrogen and oxygen atoms in total. The highest BCUT2D eigenvalue weighted by molar-refractivity contribution is 7.89. The highest BCUT2D eigenvalue weighted by Gasteiger charge is 2.23. The van der Waals surface area contributed by atoms with Crippen molar-refractivity contribution < 1.29 is 8.42 Å². The van der Waals surface area contributed by atoms with Gasteiger partial charge in [-0.15, -0.1) is 0 Å². The van der Waals surface area contributed by atoms with E-state index in [1.54, 1.807) is 0 Å². The van der Waals surface area contributed by atoms with Gasteiger partial charge in [-0.1, -0.05) is 43.2 Å². The second-order valence-electron chi connectivity index (χ2n) is 5.61. The monoisotopic (exact) mass is 296 g/mol. The summed E-state index contributed by atoms with van der Waals surface area (Å²) >= 11 is 0. The molecular formula is C15H24N2O2S. The van der Waals surface area contributed by atoms with Crippen molar-refractivity contribution >= 4 is 10.0 Å². The molecule has 1 aliphatic rings. The lowest BCUT2D eigenvalue weighted by Gasteiger charge is -2.28. The van der Waals surface area contributed by atoms with Gasteiger partial charge < -0.3 is 5.73 Å². The Bertz CT molecular complexity index is 502. The minimum atomic E-state index is -3.21. The molecule has 0 radical (unpaired) electrons. The van der Waals surface area contributed by atoms with Gasteiger partial charge in [-0.25, -0.2) is 13.1 Å². The molecule has 112 valence electrons. The summed E-state index contributed by atoms with van der Waals surface area (Å²) in [5.74, 6) is 0.425. The van der Waals surface area contributed by atoms with Gasteiger partial charge in [-0.05, 0) is 30.7 Å². The maximum Gasteiger partial charge on any atom is 0.211 e. The Hall–Kier alpha value is -0.910. The number of sulfonamides is 1. The molecule has 1 aliphatic carbocycles. The molecule has 3 N–H and O–H groups in total. The first-order chi connectivity index (χ1) is 9.57. The number of nitrogens with one attached hydrogen (secondary N) is 1. The Morgan fingerprint density at radius 3 is 2.55 bits per heavy atom. The Labute approximate surface area is 121 Å². The van der Waals surface area contributed by atoms with Gasteiger partial charge in [-0.2, -0.15) is 0 Å². The third kappa shape index (κ3) is 4.89. The van der Waals surface area contributed by atoms with Crippen LogP contribution in [0.4, 0.5) is 0 Å². The van der Waals surface area contributed by atoms with Crippen molar-refractivity contribution in [3.63, 3.8) is 0 Å². The fourth-order valence-electron chi connectivity index (χ4n) is 2.69. The Balaban J connectivity index is 1.79. The molecule has 0 aromatic heterocycles. The van der Waals surface area contributed by atoms with E-state index in [4.69, 9.17) is 5.73 Å². The van der Waals surface area contributed by atoms with Crippen LogP contribution in [0.25, 0.3) is 0 Å². The largest absolute Gasteiger partial charge is 0.327 e. The van der Waals surface area contributed by atoms with Crippen molar-refractivity contribution in [1.29, 1.82) is 0 Å². The zero-order valence-corrected chi connectivity index (χ0v) is 12.6. The second kappa shape index (κ2) is 7.20. The lowest BCUT2D eigenvalue weighted by molar-refractivity contribution is 0.308. The quantitative estimate of drug-likeness (QED) is 0.838. The van der Waals surface area contributed by atoms with Crippen LogP contribution < -0.4 is 10.5 Å². The predicted molar refractivity (Wildman–Crippen MR) is 81.9 cm³/mol. The summed E-state index contributed by atoms with van der Waals surface area (Å²) in [5, 5.41) is 0. The highest BCUT2D eigenvalue weighted by atomic mass is 32.2. The molecule has 2 unspecified atom stereocenters. The van der Waals surface area contributed by atoms with Crippen LogP contribution in [0.3, 0.4) is 0 Å². The van der Waals surface area contributed by atoms with Gasteiger partial charge in [0, 0.05) is 12.6 Å². The van der Waals surface area contributed by atoms with Crippen molar-refractivity contribution in [3.8, 4) is 0 Å². The van der Waals surface area contributed by atoms with E-state index in [1.807, 2.05) is 30.3 Å². The molecule has 0 aliphatic heterocycles. The Kier molecular flexibility index (Phi) is 5.57. The molecule has 1 saturated carbocycles.